The lowest BCUT2D eigenvalue weighted by molar-refractivity contribution is 0.212. The molecule has 0 amide bonds. The van der Waals surface area contributed by atoms with E-state index < -0.39 is 0 Å². The molecule has 1 unspecified atom stereocenters. The highest BCUT2D eigenvalue weighted by molar-refractivity contribution is 5.00. The van der Waals surface area contributed by atoms with Crippen LogP contribution in [0.25, 0.3) is 0 Å². The third-order valence-electron chi connectivity index (χ3n) is 1.28. The zero-order valence-electron chi connectivity index (χ0n) is 4.46. The van der Waals surface area contributed by atoms with Gasteiger partial charge in [0.25, 0.3) is 0 Å². The molecule has 0 bridgehead atoms. The summed E-state index contributed by atoms with van der Waals surface area (Å²) in [5.41, 5.74) is 0. The molecule has 1 rings (SSSR count). The van der Waals surface area contributed by atoms with Gasteiger partial charge in [-0.1, -0.05) is 19.1 Å². The van der Waals surface area contributed by atoms with Crippen molar-refractivity contribution < 1.29 is 5.11 Å². The first-order valence-corrected chi connectivity index (χ1v) is 2.65. The minimum atomic E-state index is -0.157. The van der Waals surface area contributed by atoms with Crippen LogP contribution in [-0.2, 0) is 0 Å². The lowest BCUT2D eigenvalue weighted by Gasteiger charge is -1.96. The summed E-state index contributed by atoms with van der Waals surface area (Å²) in [5, 5.41) is 8.81. The summed E-state index contributed by atoms with van der Waals surface area (Å²) in [6, 6.07) is 0. The molecule has 1 aliphatic rings. The fourth-order valence-corrected chi connectivity index (χ4v) is 0.856. The third-order valence-corrected chi connectivity index (χ3v) is 1.28. The van der Waals surface area contributed by atoms with Gasteiger partial charge in [0.15, 0.2) is 0 Å². The topological polar surface area (TPSA) is 20.2 Å². The van der Waals surface area contributed by atoms with Gasteiger partial charge in [-0.15, -0.1) is 0 Å². The van der Waals surface area contributed by atoms with Crippen LogP contribution in [-0.4, -0.2) is 11.2 Å². The van der Waals surface area contributed by atoms with Crippen molar-refractivity contribution in [2.75, 3.05) is 0 Å². The van der Waals surface area contributed by atoms with Gasteiger partial charge in [-0.25, -0.2) is 0 Å². The van der Waals surface area contributed by atoms with E-state index in [0.717, 1.165) is 6.42 Å². The summed E-state index contributed by atoms with van der Waals surface area (Å²) >= 11 is 0. The molecule has 1 N–H and O–H groups in total. The van der Waals surface area contributed by atoms with E-state index in [-0.39, 0.29) is 6.10 Å². The number of hydrogen-bond donors (Lipinski definition) is 1. The predicted molar refractivity (Wildman–Crippen MR) is 28.9 cm³/mol. The molecular formula is C6H10O. The molecule has 0 spiro atoms. The van der Waals surface area contributed by atoms with E-state index in [1.165, 1.54) is 0 Å². The van der Waals surface area contributed by atoms with E-state index >= 15 is 0 Å². The summed E-state index contributed by atoms with van der Waals surface area (Å²) in [4.78, 5) is 0. The Balaban J connectivity index is 2.42. The molecule has 1 nitrogen and oxygen atoms in total. The molecule has 0 saturated carbocycles. The largest absolute Gasteiger partial charge is 0.389 e. The zero-order chi connectivity index (χ0) is 5.28. The Kier molecular flexibility index (Phi) is 1.15. The zero-order valence-corrected chi connectivity index (χ0v) is 4.46. The second kappa shape index (κ2) is 1.66. The van der Waals surface area contributed by atoms with Gasteiger partial charge in [0.05, 0.1) is 6.10 Å². The van der Waals surface area contributed by atoms with Crippen molar-refractivity contribution in [1.29, 1.82) is 0 Å². The standard InChI is InChI=1S/C6H10O/c1-5-2-3-6(7)4-5/h2-3,5-7H,4H2,1H3/t5-,6?/m1/s1. The average molecular weight is 98.1 g/mol. The number of allylic oxidation sites excluding steroid dienone is 1. The summed E-state index contributed by atoms with van der Waals surface area (Å²) in [6.07, 6.45) is 4.66. The molecule has 1 aliphatic carbocycles. The summed E-state index contributed by atoms with van der Waals surface area (Å²) in [5.74, 6) is 0.593. The number of aliphatic hydroxyl groups excluding tert-OH is 1. The van der Waals surface area contributed by atoms with E-state index in [9.17, 15) is 0 Å². The van der Waals surface area contributed by atoms with Crippen LogP contribution < -0.4 is 0 Å². The van der Waals surface area contributed by atoms with Crippen LogP contribution in [0.5, 0.6) is 0 Å². The summed E-state index contributed by atoms with van der Waals surface area (Å²) in [7, 11) is 0. The van der Waals surface area contributed by atoms with Crippen LogP contribution in [0.4, 0.5) is 0 Å². The van der Waals surface area contributed by atoms with E-state index in [1.807, 2.05) is 12.2 Å². The van der Waals surface area contributed by atoms with Crippen LogP contribution in [0.2, 0.25) is 0 Å². The molecule has 7 heavy (non-hydrogen) atoms. The van der Waals surface area contributed by atoms with Crippen LogP contribution >= 0.6 is 0 Å². The third kappa shape index (κ3) is 1.03. The van der Waals surface area contributed by atoms with Gasteiger partial charge in [-0.2, -0.15) is 0 Å². The minimum absolute atomic E-state index is 0.157. The monoisotopic (exact) mass is 98.1 g/mol. The Labute approximate surface area is 43.7 Å². The molecule has 2 atom stereocenters. The highest BCUT2D eigenvalue weighted by Crippen LogP contribution is 2.15. The van der Waals surface area contributed by atoms with Crippen molar-refractivity contribution >= 4 is 0 Å². The van der Waals surface area contributed by atoms with Gasteiger partial charge in [0.2, 0.25) is 0 Å². The summed E-state index contributed by atoms with van der Waals surface area (Å²) in [6.45, 7) is 2.10. The molecule has 0 radical (unpaired) electrons. The van der Waals surface area contributed by atoms with Gasteiger partial charge >= 0.3 is 0 Å². The first-order chi connectivity index (χ1) is 3.29. The van der Waals surface area contributed by atoms with Gasteiger partial charge in [-0.3, -0.25) is 0 Å². The maximum Gasteiger partial charge on any atom is 0.0726 e. The van der Waals surface area contributed by atoms with E-state index in [4.69, 9.17) is 5.11 Å². The molecule has 0 saturated heterocycles. The second-order valence-corrected chi connectivity index (χ2v) is 2.17. The number of hydrogen-bond acceptors (Lipinski definition) is 1. The molecule has 40 valence electrons. The van der Waals surface area contributed by atoms with Crippen LogP contribution in [0.15, 0.2) is 12.2 Å². The molecular weight excluding hydrogens is 88.1 g/mol. The maximum atomic E-state index is 8.81. The molecule has 0 aliphatic heterocycles. The van der Waals surface area contributed by atoms with Crippen LogP contribution in [0.1, 0.15) is 13.3 Å². The second-order valence-electron chi connectivity index (χ2n) is 2.17. The first kappa shape index (κ1) is 4.85. The highest BCUT2D eigenvalue weighted by atomic mass is 16.3. The Bertz CT molecular complexity index is 76.2. The average Bonchev–Trinajstić information content (AvgIpc) is 1.87. The van der Waals surface area contributed by atoms with Crippen LogP contribution in [0, 0.1) is 5.92 Å². The Morgan fingerprint density at radius 2 is 2.29 bits per heavy atom. The van der Waals surface area contributed by atoms with Crippen molar-refractivity contribution in [2.24, 2.45) is 5.92 Å². The van der Waals surface area contributed by atoms with Gasteiger partial charge < -0.3 is 5.11 Å². The van der Waals surface area contributed by atoms with Gasteiger partial charge in [0.1, 0.15) is 0 Å². The number of rotatable bonds is 0. The fraction of sp³-hybridized carbons (Fsp3) is 0.667. The van der Waals surface area contributed by atoms with Crippen LogP contribution in [0.3, 0.4) is 0 Å². The molecule has 1 heteroatoms. The Hall–Kier alpha value is -0.300. The molecule has 0 aromatic rings. The highest BCUT2D eigenvalue weighted by Gasteiger charge is 2.10. The number of aliphatic hydroxyl groups is 1. The maximum absolute atomic E-state index is 8.81. The van der Waals surface area contributed by atoms with E-state index in [1.54, 1.807) is 0 Å². The minimum Gasteiger partial charge on any atom is -0.389 e. The Morgan fingerprint density at radius 3 is 2.43 bits per heavy atom. The fourth-order valence-electron chi connectivity index (χ4n) is 0.856. The first-order valence-electron chi connectivity index (χ1n) is 2.65. The lowest BCUT2D eigenvalue weighted by atomic mass is 10.1. The smallest absolute Gasteiger partial charge is 0.0726 e. The van der Waals surface area contributed by atoms with Crippen molar-refractivity contribution in [3.63, 3.8) is 0 Å². The van der Waals surface area contributed by atoms with Crippen molar-refractivity contribution in [2.45, 2.75) is 19.4 Å². The van der Waals surface area contributed by atoms with Gasteiger partial charge in [0, 0.05) is 0 Å². The molecule has 0 heterocycles. The molecule has 0 aromatic heterocycles. The Morgan fingerprint density at radius 1 is 1.57 bits per heavy atom. The van der Waals surface area contributed by atoms with Gasteiger partial charge in [-0.05, 0) is 12.3 Å². The van der Waals surface area contributed by atoms with Crippen molar-refractivity contribution in [3.8, 4) is 0 Å². The molecule has 0 aromatic carbocycles. The van der Waals surface area contributed by atoms with E-state index in [2.05, 4.69) is 6.92 Å². The summed E-state index contributed by atoms with van der Waals surface area (Å²) < 4.78 is 0. The predicted octanol–water partition coefficient (Wildman–Crippen LogP) is 0.943. The molecule has 0 fully saturated rings. The van der Waals surface area contributed by atoms with Crippen molar-refractivity contribution in [1.82, 2.24) is 0 Å². The lowest BCUT2D eigenvalue weighted by Crippen LogP contribution is -1.97. The quantitative estimate of drug-likeness (QED) is 0.447. The van der Waals surface area contributed by atoms with E-state index in [0.29, 0.717) is 5.92 Å². The normalized spacial score (nSPS) is 39.7. The SMILES string of the molecule is C[C@@H]1C=CC(O)C1. The van der Waals surface area contributed by atoms with Crippen molar-refractivity contribution in [3.05, 3.63) is 12.2 Å².